The van der Waals surface area contributed by atoms with E-state index in [1.807, 2.05) is 35.8 Å². The summed E-state index contributed by atoms with van der Waals surface area (Å²) in [7, 11) is -5.43. The second-order valence-corrected chi connectivity index (χ2v) is 8.32. The largest absolute Gasteiger partial charge is 0.501 e. The average molecular weight is 425 g/mol. The molecule has 6 nitrogen and oxygen atoms in total. The van der Waals surface area contributed by atoms with E-state index in [9.17, 15) is 26.4 Å². The van der Waals surface area contributed by atoms with Gasteiger partial charge in [0.25, 0.3) is 15.7 Å². The van der Waals surface area contributed by atoms with Crippen molar-refractivity contribution in [3.63, 3.8) is 0 Å². The number of imidazole rings is 1. The predicted molar refractivity (Wildman–Crippen MR) is 101 cm³/mol. The van der Waals surface area contributed by atoms with Gasteiger partial charge in [0, 0.05) is 18.7 Å². The van der Waals surface area contributed by atoms with Gasteiger partial charge in [0.15, 0.2) is 0 Å². The molecule has 10 heteroatoms. The first kappa shape index (κ1) is 20.8. The maximum atomic E-state index is 12.6. The molecule has 2 aromatic carbocycles. The molecule has 0 aliphatic carbocycles. The molecular formula is C19H18F3N3O3S. The molecule has 0 radical (unpaired) electrons. The summed E-state index contributed by atoms with van der Waals surface area (Å²) in [6.07, 6.45) is 0.619. The molecule has 0 bridgehead atoms. The van der Waals surface area contributed by atoms with E-state index in [0.717, 1.165) is 41.1 Å². The van der Waals surface area contributed by atoms with Crippen LogP contribution in [-0.4, -0.2) is 35.9 Å². The van der Waals surface area contributed by atoms with E-state index in [1.165, 1.54) is 0 Å². The predicted octanol–water partition coefficient (Wildman–Crippen LogP) is 3.46. The number of nitrogens with zero attached hydrogens (tertiary/aromatic N) is 2. The number of benzene rings is 2. The summed E-state index contributed by atoms with van der Waals surface area (Å²) in [6.45, 7) is 2.87. The number of carbonyl (C=O) groups is 1. The maximum Gasteiger partial charge on any atom is 0.501 e. The average Bonchev–Trinajstić information content (AvgIpc) is 2.99. The summed E-state index contributed by atoms with van der Waals surface area (Å²) in [5.74, 6) is 0.368. The highest BCUT2D eigenvalue weighted by Crippen LogP contribution is 2.30. The van der Waals surface area contributed by atoms with E-state index in [2.05, 4.69) is 10.3 Å². The lowest BCUT2D eigenvalue weighted by molar-refractivity contribution is -0.0436. The Bertz CT molecular complexity index is 1140. The number of fused-ring (bicyclic) bond motifs is 1. The van der Waals surface area contributed by atoms with E-state index >= 15 is 0 Å². The number of carbonyl (C=O) groups excluding carboxylic acids is 1. The Balaban J connectivity index is 1.58. The van der Waals surface area contributed by atoms with Gasteiger partial charge < -0.3 is 9.88 Å². The minimum absolute atomic E-state index is 0.0791. The van der Waals surface area contributed by atoms with Crippen molar-refractivity contribution in [2.45, 2.75) is 30.3 Å². The first-order valence-corrected chi connectivity index (χ1v) is 10.2. The lowest BCUT2D eigenvalue weighted by atomic mass is 10.2. The molecule has 0 atom stereocenters. The summed E-state index contributed by atoms with van der Waals surface area (Å²) in [4.78, 5) is 15.7. The second-order valence-electron chi connectivity index (χ2n) is 6.38. The van der Waals surface area contributed by atoms with E-state index < -0.39 is 26.1 Å². The van der Waals surface area contributed by atoms with Gasteiger partial charge in [-0.3, -0.25) is 4.79 Å². The molecule has 0 aliphatic rings. The van der Waals surface area contributed by atoms with Crippen LogP contribution in [0.1, 0.15) is 22.6 Å². The molecule has 0 saturated carbocycles. The smallest absolute Gasteiger partial charge is 0.352 e. The van der Waals surface area contributed by atoms with Crippen molar-refractivity contribution < 1.29 is 26.4 Å². The van der Waals surface area contributed by atoms with Gasteiger partial charge in [0.05, 0.1) is 15.9 Å². The summed E-state index contributed by atoms with van der Waals surface area (Å²) in [6, 6.07) is 11.4. The number of halogens is 3. The van der Waals surface area contributed by atoms with Crippen molar-refractivity contribution in [3.8, 4) is 0 Å². The number of hydrogen-bond acceptors (Lipinski definition) is 4. The third kappa shape index (κ3) is 4.26. The molecule has 29 heavy (non-hydrogen) atoms. The molecule has 0 spiro atoms. The zero-order chi connectivity index (χ0) is 21.2. The molecule has 1 aromatic heterocycles. The van der Waals surface area contributed by atoms with Crippen LogP contribution in [0.2, 0.25) is 0 Å². The van der Waals surface area contributed by atoms with Gasteiger partial charge >= 0.3 is 5.51 Å². The Hall–Kier alpha value is -2.88. The monoisotopic (exact) mass is 425 g/mol. The molecular weight excluding hydrogens is 407 g/mol. The molecule has 1 N–H and O–H groups in total. The van der Waals surface area contributed by atoms with Crippen LogP contribution in [0.4, 0.5) is 13.2 Å². The Morgan fingerprint density at radius 3 is 2.41 bits per heavy atom. The number of amides is 1. The van der Waals surface area contributed by atoms with Gasteiger partial charge in [-0.2, -0.15) is 13.2 Å². The topological polar surface area (TPSA) is 81.1 Å². The Morgan fingerprint density at radius 1 is 1.10 bits per heavy atom. The fourth-order valence-corrected chi connectivity index (χ4v) is 3.70. The first-order chi connectivity index (χ1) is 13.6. The normalized spacial score (nSPS) is 12.3. The number of nitrogens with one attached hydrogen (secondary N) is 1. The molecule has 0 fully saturated rings. The second kappa shape index (κ2) is 7.86. The molecule has 1 amide bonds. The lowest BCUT2D eigenvalue weighted by Gasteiger charge is -2.10. The van der Waals surface area contributed by atoms with E-state index in [4.69, 9.17) is 0 Å². The zero-order valence-electron chi connectivity index (χ0n) is 15.4. The van der Waals surface area contributed by atoms with E-state index in [0.29, 0.717) is 19.5 Å². The van der Waals surface area contributed by atoms with Gasteiger partial charge in [0.1, 0.15) is 5.82 Å². The summed E-state index contributed by atoms with van der Waals surface area (Å²) < 4.78 is 62.4. The van der Waals surface area contributed by atoms with Crippen molar-refractivity contribution in [1.82, 2.24) is 14.9 Å². The number of hydrogen-bond donors (Lipinski definition) is 1. The van der Waals surface area contributed by atoms with Gasteiger partial charge in [-0.05, 0) is 49.7 Å². The van der Waals surface area contributed by atoms with E-state index in [-0.39, 0.29) is 5.56 Å². The fourth-order valence-electron chi connectivity index (χ4n) is 2.94. The lowest BCUT2D eigenvalue weighted by Crippen LogP contribution is -2.26. The van der Waals surface area contributed by atoms with Crippen LogP contribution in [-0.2, 0) is 16.4 Å². The van der Waals surface area contributed by atoms with Crippen LogP contribution < -0.4 is 5.32 Å². The standard InChI is InChI=1S/C19H18F3N3O3S/c1-13-24-16-5-2-3-6-17(16)25(13)12-4-11-23-18(26)14-7-9-15(10-8-14)29(27,28)19(20,21)22/h2-3,5-10H,4,11-12H2,1H3,(H,23,26). The van der Waals surface area contributed by atoms with Crippen LogP contribution in [0.3, 0.4) is 0 Å². The molecule has 0 aliphatic heterocycles. The molecule has 3 aromatic rings. The Kier molecular flexibility index (Phi) is 5.65. The SMILES string of the molecule is Cc1nc2ccccc2n1CCCNC(=O)c1ccc(S(=O)(=O)C(F)(F)F)cc1. The summed E-state index contributed by atoms with van der Waals surface area (Å²) >= 11 is 0. The minimum atomic E-state index is -5.43. The maximum absolute atomic E-state index is 12.6. The quantitative estimate of drug-likeness (QED) is 0.614. The Morgan fingerprint density at radius 2 is 1.76 bits per heavy atom. The third-order valence-electron chi connectivity index (χ3n) is 4.42. The fraction of sp³-hybridized carbons (Fsp3) is 0.263. The number of alkyl halides is 3. The van der Waals surface area contributed by atoms with Gasteiger partial charge in [-0.1, -0.05) is 12.1 Å². The highest BCUT2D eigenvalue weighted by atomic mass is 32.2. The minimum Gasteiger partial charge on any atom is -0.352 e. The Labute approximate surface area is 165 Å². The number of aryl methyl sites for hydroxylation is 2. The first-order valence-electron chi connectivity index (χ1n) is 8.73. The molecule has 1 heterocycles. The summed E-state index contributed by atoms with van der Waals surface area (Å²) in [5.41, 5.74) is -3.41. The number of para-hydroxylation sites is 2. The van der Waals surface area contributed by atoms with Crippen molar-refractivity contribution in [3.05, 3.63) is 59.9 Å². The highest BCUT2D eigenvalue weighted by molar-refractivity contribution is 7.92. The van der Waals surface area contributed by atoms with Crippen molar-refractivity contribution in [1.29, 1.82) is 0 Å². The third-order valence-corrected chi connectivity index (χ3v) is 5.92. The van der Waals surface area contributed by atoms with Gasteiger partial charge in [-0.15, -0.1) is 0 Å². The van der Waals surface area contributed by atoms with Crippen LogP contribution in [0, 0.1) is 6.92 Å². The zero-order valence-corrected chi connectivity index (χ0v) is 16.2. The molecule has 154 valence electrons. The van der Waals surface area contributed by atoms with Crippen molar-refractivity contribution in [2.75, 3.05) is 6.54 Å². The van der Waals surface area contributed by atoms with Crippen LogP contribution in [0.15, 0.2) is 53.4 Å². The summed E-state index contributed by atoms with van der Waals surface area (Å²) in [5, 5.41) is 2.67. The highest BCUT2D eigenvalue weighted by Gasteiger charge is 2.46. The molecule has 0 saturated heterocycles. The van der Waals surface area contributed by atoms with Gasteiger partial charge in [0.2, 0.25) is 0 Å². The van der Waals surface area contributed by atoms with Crippen molar-refractivity contribution in [2.24, 2.45) is 0 Å². The number of rotatable bonds is 6. The van der Waals surface area contributed by atoms with E-state index in [1.54, 1.807) is 0 Å². The van der Waals surface area contributed by atoms with Crippen molar-refractivity contribution >= 4 is 26.8 Å². The molecule has 3 rings (SSSR count). The number of aromatic nitrogens is 2. The van der Waals surface area contributed by atoms with Gasteiger partial charge in [-0.25, -0.2) is 13.4 Å². The molecule has 0 unspecified atom stereocenters. The van der Waals surface area contributed by atoms with Crippen LogP contribution in [0.25, 0.3) is 11.0 Å². The van der Waals surface area contributed by atoms with Crippen LogP contribution >= 0.6 is 0 Å². The van der Waals surface area contributed by atoms with Crippen LogP contribution in [0.5, 0.6) is 0 Å². The number of sulfone groups is 1.